The Morgan fingerprint density at radius 1 is 1.00 bits per heavy atom. The van der Waals surface area contributed by atoms with Crippen molar-refractivity contribution in [3.63, 3.8) is 0 Å². The number of hydrogen-bond acceptors (Lipinski definition) is 3. The quantitative estimate of drug-likeness (QED) is 0.575. The van der Waals surface area contributed by atoms with Gasteiger partial charge in [0.15, 0.2) is 5.65 Å². The summed E-state index contributed by atoms with van der Waals surface area (Å²) in [5, 5.41) is 7.69. The number of benzene rings is 2. The van der Waals surface area contributed by atoms with Crippen molar-refractivity contribution < 1.29 is 4.79 Å². The molecule has 0 radical (unpaired) electrons. The van der Waals surface area contributed by atoms with Gasteiger partial charge in [-0.05, 0) is 31.9 Å². The van der Waals surface area contributed by atoms with E-state index >= 15 is 0 Å². The molecule has 2 aromatic carbocycles. The lowest BCUT2D eigenvalue weighted by Crippen LogP contribution is -2.28. The van der Waals surface area contributed by atoms with E-state index in [1.165, 1.54) is 0 Å². The maximum Gasteiger partial charge on any atom is 0.255 e. The molecule has 4 rings (SSSR count). The molecule has 0 fully saturated rings. The average molecular weight is 370 g/mol. The minimum absolute atomic E-state index is 0.0944. The molecule has 140 valence electrons. The number of nitrogens with one attached hydrogen (secondary N) is 1. The third kappa shape index (κ3) is 3.16. The Balaban J connectivity index is 1.70. The van der Waals surface area contributed by atoms with Gasteiger partial charge in [0.25, 0.3) is 5.91 Å². The molecule has 0 saturated carbocycles. The highest BCUT2D eigenvalue weighted by molar-refractivity contribution is 5.95. The third-order valence-corrected chi connectivity index (χ3v) is 5.01. The lowest BCUT2D eigenvalue weighted by Gasteiger charge is -2.15. The van der Waals surface area contributed by atoms with Crippen LogP contribution in [-0.2, 0) is 0 Å². The number of aromatic nitrogens is 3. The van der Waals surface area contributed by atoms with Gasteiger partial charge in [0.05, 0.1) is 23.0 Å². The van der Waals surface area contributed by atoms with E-state index in [4.69, 9.17) is 0 Å². The van der Waals surface area contributed by atoms with Crippen LogP contribution in [0.25, 0.3) is 16.8 Å². The van der Waals surface area contributed by atoms with Crippen molar-refractivity contribution in [1.29, 1.82) is 0 Å². The number of rotatable bonds is 4. The summed E-state index contributed by atoms with van der Waals surface area (Å²) in [5.74, 6) is -0.155. The smallest absolute Gasteiger partial charge is 0.255 e. The van der Waals surface area contributed by atoms with Gasteiger partial charge in [-0.25, -0.2) is 9.50 Å². The maximum absolute atomic E-state index is 12.9. The first-order valence-corrected chi connectivity index (χ1v) is 9.32. The zero-order valence-electron chi connectivity index (χ0n) is 16.2. The fraction of sp³-hybridized carbons (Fsp3) is 0.174. The van der Waals surface area contributed by atoms with Crippen LogP contribution in [0.3, 0.4) is 0 Å². The second kappa shape index (κ2) is 7.27. The van der Waals surface area contributed by atoms with Crippen LogP contribution in [0.4, 0.5) is 0 Å². The predicted octanol–water partition coefficient (Wildman–Crippen LogP) is 4.50. The molecule has 0 saturated heterocycles. The zero-order valence-corrected chi connectivity index (χ0v) is 16.2. The molecule has 5 heteroatoms. The lowest BCUT2D eigenvalue weighted by molar-refractivity contribution is 0.0938. The molecule has 1 atom stereocenters. The zero-order chi connectivity index (χ0) is 19.7. The third-order valence-electron chi connectivity index (χ3n) is 5.01. The SMILES string of the molecule is Cc1nn2c(C)c(C(=O)N[C@H](C)c3ccccc3)cnc2c1-c1ccccc1. The highest BCUT2D eigenvalue weighted by Crippen LogP contribution is 2.28. The van der Waals surface area contributed by atoms with Crippen molar-refractivity contribution in [2.45, 2.75) is 26.8 Å². The summed E-state index contributed by atoms with van der Waals surface area (Å²) in [5.41, 5.74) is 6.06. The van der Waals surface area contributed by atoms with Gasteiger partial charge in [-0.2, -0.15) is 5.10 Å². The molecule has 4 aromatic rings. The first-order chi connectivity index (χ1) is 13.6. The first kappa shape index (κ1) is 17.9. The second-order valence-corrected chi connectivity index (χ2v) is 6.92. The minimum atomic E-state index is -0.155. The van der Waals surface area contributed by atoms with Gasteiger partial charge in [-0.3, -0.25) is 4.79 Å². The summed E-state index contributed by atoms with van der Waals surface area (Å²) >= 11 is 0. The van der Waals surface area contributed by atoms with Crippen LogP contribution in [0.5, 0.6) is 0 Å². The molecule has 0 aliphatic heterocycles. The van der Waals surface area contributed by atoms with E-state index in [1.54, 1.807) is 10.7 Å². The van der Waals surface area contributed by atoms with Crippen LogP contribution in [0.2, 0.25) is 0 Å². The van der Waals surface area contributed by atoms with E-state index < -0.39 is 0 Å². The molecule has 0 aliphatic rings. The normalized spacial score (nSPS) is 12.1. The maximum atomic E-state index is 12.9. The van der Waals surface area contributed by atoms with Crippen LogP contribution in [-0.4, -0.2) is 20.5 Å². The largest absolute Gasteiger partial charge is 0.345 e. The summed E-state index contributed by atoms with van der Waals surface area (Å²) in [6.45, 7) is 5.84. The highest BCUT2D eigenvalue weighted by atomic mass is 16.1. The number of aryl methyl sites for hydroxylation is 2. The topological polar surface area (TPSA) is 59.3 Å². The fourth-order valence-corrected chi connectivity index (χ4v) is 3.47. The number of fused-ring (bicyclic) bond motifs is 1. The molecule has 0 aliphatic carbocycles. The van der Waals surface area contributed by atoms with Crippen molar-refractivity contribution >= 4 is 11.6 Å². The van der Waals surface area contributed by atoms with E-state index in [-0.39, 0.29) is 11.9 Å². The molecule has 0 spiro atoms. The Labute approximate surface area is 164 Å². The Bertz CT molecular complexity index is 1130. The van der Waals surface area contributed by atoms with Gasteiger partial charge >= 0.3 is 0 Å². The molecule has 2 heterocycles. The van der Waals surface area contributed by atoms with E-state index in [0.717, 1.165) is 33.7 Å². The molecular formula is C23H22N4O. The van der Waals surface area contributed by atoms with Crippen LogP contribution in [0.15, 0.2) is 66.9 Å². The summed E-state index contributed by atoms with van der Waals surface area (Å²) in [6, 6.07) is 19.9. The van der Waals surface area contributed by atoms with Gasteiger partial charge in [0.2, 0.25) is 0 Å². The van der Waals surface area contributed by atoms with E-state index in [2.05, 4.69) is 15.4 Å². The summed E-state index contributed by atoms with van der Waals surface area (Å²) in [4.78, 5) is 17.4. The predicted molar refractivity (Wildman–Crippen MR) is 110 cm³/mol. The van der Waals surface area contributed by atoms with Crippen LogP contribution >= 0.6 is 0 Å². The molecule has 5 nitrogen and oxygen atoms in total. The highest BCUT2D eigenvalue weighted by Gasteiger charge is 2.19. The van der Waals surface area contributed by atoms with E-state index in [9.17, 15) is 4.79 Å². The van der Waals surface area contributed by atoms with Crippen molar-refractivity contribution in [2.75, 3.05) is 0 Å². The van der Waals surface area contributed by atoms with Gasteiger partial charge in [0, 0.05) is 11.8 Å². The van der Waals surface area contributed by atoms with Crippen molar-refractivity contribution in [3.05, 3.63) is 89.4 Å². The summed E-state index contributed by atoms with van der Waals surface area (Å²) in [7, 11) is 0. The van der Waals surface area contributed by atoms with Crippen molar-refractivity contribution in [1.82, 2.24) is 19.9 Å². The molecule has 0 unspecified atom stereocenters. The van der Waals surface area contributed by atoms with E-state index in [1.807, 2.05) is 81.4 Å². The van der Waals surface area contributed by atoms with Crippen LogP contribution in [0, 0.1) is 13.8 Å². The number of amides is 1. The Morgan fingerprint density at radius 2 is 1.64 bits per heavy atom. The Morgan fingerprint density at radius 3 is 2.32 bits per heavy atom. The monoisotopic (exact) mass is 370 g/mol. The number of hydrogen-bond donors (Lipinski definition) is 1. The van der Waals surface area contributed by atoms with Gasteiger partial charge in [0.1, 0.15) is 0 Å². The minimum Gasteiger partial charge on any atom is -0.345 e. The van der Waals surface area contributed by atoms with Gasteiger partial charge in [-0.1, -0.05) is 60.7 Å². The second-order valence-electron chi connectivity index (χ2n) is 6.92. The van der Waals surface area contributed by atoms with Crippen molar-refractivity contribution in [3.8, 4) is 11.1 Å². The lowest BCUT2D eigenvalue weighted by atomic mass is 10.1. The number of nitrogens with zero attached hydrogens (tertiary/aromatic N) is 3. The van der Waals surface area contributed by atoms with Crippen LogP contribution in [0.1, 0.15) is 40.3 Å². The van der Waals surface area contributed by atoms with Gasteiger partial charge in [-0.15, -0.1) is 0 Å². The van der Waals surface area contributed by atoms with Gasteiger partial charge < -0.3 is 5.32 Å². The number of carbonyl (C=O) groups is 1. The average Bonchev–Trinajstić information content (AvgIpc) is 3.06. The Kier molecular flexibility index (Phi) is 4.65. The first-order valence-electron chi connectivity index (χ1n) is 9.32. The molecule has 2 aromatic heterocycles. The van der Waals surface area contributed by atoms with E-state index in [0.29, 0.717) is 5.56 Å². The van der Waals surface area contributed by atoms with Crippen LogP contribution < -0.4 is 5.32 Å². The molecule has 1 amide bonds. The molecular weight excluding hydrogens is 348 g/mol. The van der Waals surface area contributed by atoms with Crippen molar-refractivity contribution in [2.24, 2.45) is 0 Å². The molecule has 0 bridgehead atoms. The Hall–Kier alpha value is -3.47. The molecule has 28 heavy (non-hydrogen) atoms. The molecule has 1 N–H and O–H groups in total. The fourth-order valence-electron chi connectivity index (χ4n) is 3.47. The standard InChI is InChI=1S/C23H22N4O/c1-15(18-10-6-4-7-11-18)25-23(28)20-14-24-22-21(19-12-8-5-9-13-19)16(2)26-27(22)17(20)3/h4-15H,1-3H3,(H,25,28)/t15-/m1/s1. The number of carbonyl (C=O) groups excluding carboxylic acids is 1. The summed E-state index contributed by atoms with van der Waals surface area (Å²) in [6.07, 6.45) is 1.64. The summed E-state index contributed by atoms with van der Waals surface area (Å²) < 4.78 is 1.76.